The summed E-state index contributed by atoms with van der Waals surface area (Å²) in [5.74, 6) is -0.459. The molecule has 0 bridgehead atoms. The molecular formula is C25H42N2O4Si. The summed E-state index contributed by atoms with van der Waals surface area (Å²) < 4.78 is 12.4. The number of carbonyl (C=O) groups excluding carboxylic acids is 2. The molecule has 2 aromatic heterocycles. The van der Waals surface area contributed by atoms with E-state index in [0.29, 0.717) is 35.4 Å². The minimum absolute atomic E-state index is 0.201. The second-order valence-electron chi connectivity index (χ2n) is 8.99. The molecule has 0 saturated carbocycles. The third kappa shape index (κ3) is 5.74. The van der Waals surface area contributed by atoms with Crippen LogP contribution in [0.15, 0.2) is 24.5 Å². The van der Waals surface area contributed by atoms with Crippen LogP contribution in [-0.2, 0) is 9.47 Å². The summed E-state index contributed by atoms with van der Waals surface area (Å²) in [6.45, 7) is 22.4. The highest BCUT2D eigenvalue weighted by Gasteiger charge is 2.46. The van der Waals surface area contributed by atoms with E-state index in [1.807, 2.05) is 19.9 Å². The number of carbonyl (C=O) groups is 2. The van der Waals surface area contributed by atoms with Crippen LogP contribution in [0.5, 0.6) is 0 Å². The van der Waals surface area contributed by atoms with E-state index in [1.165, 1.54) is 0 Å². The second kappa shape index (κ2) is 12.1. The van der Waals surface area contributed by atoms with Crippen LogP contribution in [0, 0.1) is 13.8 Å². The zero-order valence-corrected chi connectivity index (χ0v) is 22.5. The zero-order valence-electron chi connectivity index (χ0n) is 21.5. The molecule has 180 valence electrons. The largest absolute Gasteiger partial charge is 0.462 e. The number of nitrogens with one attached hydrogen (secondary N) is 1. The van der Waals surface area contributed by atoms with Gasteiger partial charge in [-0.15, -0.1) is 0 Å². The highest BCUT2D eigenvalue weighted by atomic mass is 28.3. The lowest BCUT2D eigenvalue weighted by Crippen LogP contribution is -2.52. The van der Waals surface area contributed by atoms with Gasteiger partial charge < -0.3 is 18.7 Å². The number of aromatic amines is 1. The molecule has 7 heteroatoms. The quantitative estimate of drug-likeness (QED) is 0.359. The summed E-state index contributed by atoms with van der Waals surface area (Å²) >= 11 is 0. The summed E-state index contributed by atoms with van der Waals surface area (Å²) in [6.07, 6.45) is 3.84. The smallest absolute Gasteiger partial charge is 0.339 e. The first kappa shape index (κ1) is 27.8. The summed E-state index contributed by atoms with van der Waals surface area (Å²) in [4.78, 5) is 26.1. The maximum Gasteiger partial charge on any atom is 0.339 e. The average molecular weight is 463 g/mol. The van der Waals surface area contributed by atoms with Crippen LogP contribution in [0.25, 0.3) is 0 Å². The molecule has 0 amide bonds. The summed E-state index contributed by atoms with van der Waals surface area (Å²) in [6, 6.07) is 3.65. The van der Waals surface area contributed by atoms with Crippen LogP contribution in [-0.4, -0.2) is 42.6 Å². The number of aromatic nitrogens is 2. The van der Waals surface area contributed by atoms with Crippen LogP contribution in [0.2, 0.25) is 16.6 Å². The Balaban J connectivity index is 0.000000389. The Bertz CT molecular complexity index is 859. The molecule has 0 unspecified atom stereocenters. The van der Waals surface area contributed by atoms with Crippen LogP contribution < -0.4 is 0 Å². The monoisotopic (exact) mass is 462 g/mol. The molecule has 0 saturated heterocycles. The molecule has 6 nitrogen and oxygen atoms in total. The highest BCUT2D eigenvalue weighted by Crippen LogP contribution is 2.43. The van der Waals surface area contributed by atoms with Gasteiger partial charge in [0.25, 0.3) is 0 Å². The molecule has 1 N–H and O–H groups in total. The van der Waals surface area contributed by atoms with Gasteiger partial charge in [-0.05, 0) is 62.6 Å². The van der Waals surface area contributed by atoms with Gasteiger partial charge in [-0.3, -0.25) is 0 Å². The summed E-state index contributed by atoms with van der Waals surface area (Å²) in [5, 5.41) is 0. The van der Waals surface area contributed by atoms with Gasteiger partial charge in [-0.2, -0.15) is 0 Å². The molecular weight excluding hydrogens is 420 g/mol. The Kier molecular flexibility index (Phi) is 10.5. The van der Waals surface area contributed by atoms with Crippen molar-refractivity contribution in [3.05, 3.63) is 47.0 Å². The molecule has 0 atom stereocenters. The van der Waals surface area contributed by atoms with Gasteiger partial charge in [0, 0.05) is 17.6 Å². The fraction of sp³-hybridized carbons (Fsp3) is 0.600. The van der Waals surface area contributed by atoms with Crippen molar-refractivity contribution in [2.24, 2.45) is 0 Å². The molecule has 0 aromatic carbocycles. The van der Waals surface area contributed by atoms with Gasteiger partial charge in [0.05, 0.1) is 24.3 Å². The van der Waals surface area contributed by atoms with Crippen molar-refractivity contribution in [2.45, 2.75) is 85.9 Å². The van der Waals surface area contributed by atoms with Crippen molar-refractivity contribution in [1.29, 1.82) is 0 Å². The van der Waals surface area contributed by atoms with Gasteiger partial charge in [0.2, 0.25) is 0 Å². The van der Waals surface area contributed by atoms with Crippen molar-refractivity contribution in [3.8, 4) is 0 Å². The maximum atomic E-state index is 12.1. The van der Waals surface area contributed by atoms with Gasteiger partial charge in [-0.1, -0.05) is 41.5 Å². The third-order valence-electron chi connectivity index (χ3n) is 6.28. The Hall–Kier alpha value is -2.28. The van der Waals surface area contributed by atoms with Crippen molar-refractivity contribution in [3.63, 3.8) is 0 Å². The standard InChI is InChI=1S/C17H31NO2Si.C8H11NO2/c1-9-20-17(19)16-10-11-18(15(16)8)21(12(2)3,13(4)5)14(6)7;1-3-11-8(10)7-4-5-9-6(7)2/h10-14H,9H2,1-8H3;4-5,9H,3H2,1-2H3. The van der Waals surface area contributed by atoms with E-state index in [0.717, 1.165) is 17.0 Å². The molecule has 32 heavy (non-hydrogen) atoms. The molecule has 2 heterocycles. The first-order valence-corrected chi connectivity index (χ1v) is 13.8. The van der Waals surface area contributed by atoms with Crippen molar-refractivity contribution in [2.75, 3.05) is 13.2 Å². The number of aryl methyl sites for hydroxylation is 1. The number of nitrogens with zero attached hydrogens (tertiary/aromatic N) is 1. The molecule has 2 aromatic rings. The van der Waals surface area contributed by atoms with E-state index >= 15 is 0 Å². The topological polar surface area (TPSA) is 73.3 Å². The van der Waals surface area contributed by atoms with E-state index in [4.69, 9.17) is 9.47 Å². The van der Waals surface area contributed by atoms with E-state index in [9.17, 15) is 9.59 Å². The molecule has 0 aliphatic rings. The average Bonchev–Trinajstić information content (AvgIpc) is 3.29. The molecule has 0 spiro atoms. The van der Waals surface area contributed by atoms with Gasteiger partial charge in [-0.25, -0.2) is 9.59 Å². The summed E-state index contributed by atoms with van der Waals surface area (Å²) in [5.41, 5.74) is 5.08. The van der Waals surface area contributed by atoms with Crippen LogP contribution in [0.1, 0.15) is 87.5 Å². The lowest BCUT2D eigenvalue weighted by molar-refractivity contribution is 0.0516. The van der Waals surface area contributed by atoms with E-state index in [2.05, 4.69) is 63.9 Å². The molecule has 0 aliphatic heterocycles. The first-order valence-electron chi connectivity index (χ1n) is 11.6. The van der Waals surface area contributed by atoms with Gasteiger partial charge >= 0.3 is 11.9 Å². The predicted octanol–water partition coefficient (Wildman–Crippen LogP) is 6.50. The van der Waals surface area contributed by atoms with Crippen LogP contribution in [0.3, 0.4) is 0 Å². The molecule has 0 radical (unpaired) electrons. The number of rotatable bonds is 8. The Morgan fingerprint density at radius 3 is 1.72 bits per heavy atom. The van der Waals surface area contributed by atoms with E-state index in [-0.39, 0.29) is 11.9 Å². The Labute approximate surface area is 194 Å². The lowest BCUT2D eigenvalue weighted by atomic mass is 10.3. The van der Waals surface area contributed by atoms with E-state index in [1.54, 1.807) is 19.2 Å². The molecule has 0 fully saturated rings. The van der Waals surface area contributed by atoms with E-state index < -0.39 is 8.24 Å². The number of hydrogen-bond acceptors (Lipinski definition) is 4. The van der Waals surface area contributed by atoms with Crippen molar-refractivity contribution < 1.29 is 19.1 Å². The SMILES string of the molecule is CCOC(=O)c1cc[nH]c1C.CCOC(=O)c1ccn([Si](C(C)C)(C(C)C)C(C)C)c1C. The number of esters is 2. The maximum absolute atomic E-state index is 12.1. The number of H-pyrrole nitrogens is 1. The Morgan fingerprint density at radius 1 is 0.875 bits per heavy atom. The van der Waals surface area contributed by atoms with Crippen LogP contribution in [0.4, 0.5) is 0 Å². The first-order chi connectivity index (χ1) is 15.0. The minimum atomic E-state index is -1.79. The Morgan fingerprint density at radius 2 is 1.34 bits per heavy atom. The highest BCUT2D eigenvalue weighted by molar-refractivity contribution is 6.82. The van der Waals surface area contributed by atoms with Crippen molar-refractivity contribution in [1.82, 2.24) is 9.22 Å². The fourth-order valence-corrected chi connectivity index (χ4v) is 11.8. The second-order valence-corrected chi connectivity index (χ2v) is 14.7. The van der Waals surface area contributed by atoms with Crippen molar-refractivity contribution >= 4 is 20.2 Å². The summed E-state index contributed by atoms with van der Waals surface area (Å²) in [7, 11) is -1.79. The molecule has 2 rings (SSSR count). The minimum Gasteiger partial charge on any atom is -0.462 e. The van der Waals surface area contributed by atoms with Crippen LogP contribution >= 0.6 is 0 Å². The third-order valence-corrected chi connectivity index (χ3v) is 13.1. The predicted molar refractivity (Wildman–Crippen MR) is 133 cm³/mol. The fourth-order valence-electron chi connectivity index (χ4n) is 5.07. The van der Waals surface area contributed by atoms with Gasteiger partial charge in [0.15, 0.2) is 8.24 Å². The number of ether oxygens (including phenoxy) is 2. The van der Waals surface area contributed by atoms with Gasteiger partial charge in [0.1, 0.15) is 0 Å². The number of hydrogen-bond donors (Lipinski definition) is 1. The normalized spacial score (nSPS) is 11.5. The zero-order chi connectivity index (χ0) is 24.6. The molecule has 0 aliphatic carbocycles. The lowest BCUT2D eigenvalue weighted by Gasteiger charge is -2.45.